The molecule has 0 bridgehead atoms. The highest BCUT2D eigenvalue weighted by molar-refractivity contribution is 5.79. The first-order chi connectivity index (χ1) is 13.0. The van der Waals surface area contributed by atoms with Crippen LogP contribution in [-0.4, -0.2) is 22.3 Å². The van der Waals surface area contributed by atoms with Crippen LogP contribution >= 0.6 is 0 Å². The third-order valence-electron chi connectivity index (χ3n) is 3.85. The lowest BCUT2D eigenvalue weighted by atomic mass is 10.2. The fourth-order valence-corrected chi connectivity index (χ4v) is 2.38. The molecule has 1 heterocycles. The molecule has 1 aromatic heterocycles. The van der Waals surface area contributed by atoms with Gasteiger partial charge in [0.05, 0.1) is 10.9 Å². The van der Waals surface area contributed by atoms with Gasteiger partial charge in [-0.05, 0) is 30.3 Å². The predicted molar refractivity (Wildman–Crippen MR) is 98.6 cm³/mol. The summed E-state index contributed by atoms with van der Waals surface area (Å²) in [7, 11) is 0. The number of ether oxygens (including phenoxy) is 2. The summed E-state index contributed by atoms with van der Waals surface area (Å²) in [4.78, 5) is 28.2. The number of aliphatic hydroxyl groups excluding tert-OH is 1. The Morgan fingerprint density at radius 3 is 2.70 bits per heavy atom. The van der Waals surface area contributed by atoms with Crippen LogP contribution < -0.4 is 15.1 Å². The summed E-state index contributed by atoms with van der Waals surface area (Å²) in [6.45, 7) is 3.42. The van der Waals surface area contributed by atoms with Gasteiger partial charge in [-0.3, -0.25) is 4.79 Å². The molecule has 1 atom stereocenters. The molecule has 27 heavy (non-hydrogen) atoms. The normalized spacial score (nSPS) is 12.0. The predicted octanol–water partition coefficient (Wildman–Crippen LogP) is 3.28. The Bertz CT molecular complexity index is 1030. The maximum atomic E-state index is 12.2. The van der Waals surface area contributed by atoms with E-state index < -0.39 is 17.9 Å². The standard InChI is InChI=1S/C20H19NO6/c1-3-17(22)25-15-10-9-12(11-16(15)26-18(23)4-2)19-21-14-8-6-5-7-13(14)20(24)27-19/h5-11,18,23H,3-4H2,1-2H3. The Balaban J connectivity index is 2.06. The molecule has 3 rings (SSSR count). The maximum absolute atomic E-state index is 12.2. The van der Waals surface area contributed by atoms with Crippen molar-refractivity contribution in [3.63, 3.8) is 0 Å². The topological polar surface area (TPSA) is 98.9 Å². The summed E-state index contributed by atoms with van der Waals surface area (Å²) in [5.74, 6) is -0.0145. The number of carbonyl (C=O) groups excluding carboxylic acids is 1. The first kappa shape index (κ1) is 18.6. The largest absolute Gasteiger partial charge is 0.461 e. The fraction of sp³-hybridized carbons (Fsp3) is 0.250. The summed E-state index contributed by atoms with van der Waals surface area (Å²) < 4.78 is 16.0. The molecular weight excluding hydrogens is 350 g/mol. The number of esters is 1. The molecule has 0 saturated carbocycles. The van der Waals surface area contributed by atoms with Crippen LogP contribution in [0.3, 0.4) is 0 Å². The van der Waals surface area contributed by atoms with E-state index in [2.05, 4.69) is 4.98 Å². The monoisotopic (exact) mass is 369 g/mol. The SMILES string of the molecule is CCC(=O)Oc1ccc(-c2nc3ccccc3c(=O)o2)cc1OC(O)CC. The van der Waals surface area contributed by atoms with Crippen molar-refractivity contribution >= 4 is 16.9 Å². The van der Waals surface area contributed by atoms with Gasteiger partial charge in [-0.2, -0.15) is 0 Å². The van der Waals surface area contributed by atoms with Crippen molar-refractivity contribution in [3.8, 4) is 23.0 Å². The minimum Gasteiger partial charge on any atom is -0.461 e. The van der Waals surface area contributed by atoms with Gasteiger partial charge < -0.3 is 19.0 Å². The summed E-state index contributed by atoms with van der Waals surface area (Å²) >= 11 is 0. The van der Waals surface area contributed by atoms with E-state index in [-0.39, 0.29) is 23.8 Å². The molecule has 140 valence electrons. The van der Waals surface area contributed by atoms with E-state index in [0.717, 1.165) is 0 Å². The summed E-state index contributed by atoms with van der Waals surface area (Å²) in [5.41, 5.74) is 0.446. The third-order valence-corrected chi connectivity index (χ3v) is 3.85. The van der Waals surface area contributed by atoms with Crippen molar-refractivity contribution in [1.82, 2.24) is 4.98 Å². The second kappa shape index (κ2) is 8.01. The number of para-hydroxylation sites is 1. The van der Waals surface area contributed by atoms with E-state index in [9.17, 15) is 14.7 Å². The number of hydrogen-bond acceptors (Lipinski definition) is 7. The van der Waals surface area contributed by atoms with Crippen molar-refractivity contribution in [2.75, 3.05) is 0 Å². The second-order valence-electron chi connectivity index (χ2n) is 5.79. The zero-order valence-electron chi connectivity index (χ0n) is 15.0. The van der Waals surface area contributed by atoms with Crippen LogP contribution in [0.5, 0.6) is 11.5 Å². The highest BCUT2D eigenvalue weighted by atomic mass is 16.6. The summed E-state index contributed by atoms with van der Waals surface area (Å²) in [6, 6.07) is 11.5. The molecule has 0 radical (unpaired) electrons. The zero-order chi connectivity index (χ0) is 19.4. The summed E-state index contributed by atoms with van der Waals surface area (Å²) in [6.07, 6.45) is -0.538. The number of aromatic nitrogens is 1. The van der Waals surface area contributed by atoms with Crippen LogP contribution in [0.1, 0.15) is 26.7 Å². The van der Waals surface area contributed by atoms with Crippen LogP contribution in [0.15, 0.2) is 51.7 Å². The quantitative estimate of drug-likeness (QED) is 0.404. The molecule has 0 spiro atoms. The molecule has 0 saturated heterocycles. The number of rotatable bonds is 6. The minimum absolute atomic E-state index is 0.0999. The molecule has 0 aliphatic carbocycles. The van der Waals surface area contributed by atoms with Crippen LogP contribution in [0.4, 0.5) is 0 Å². The van der Waals surface area contributed by atoms with Gasteiger partial charge in [0.25, 0.3) is 0 Å². The van der Waals surface area contributed by atoms with E-state index in [0.29, 0.717) is 22.9 Å². The molecule has 0 aliphatic rings. The van der Waals surface area contributed by atoms with Crippen molar-refractivity contribution < 1.29 is 23.8 Å². The Morgan fingerprint density at radius 2 is 1.96 bits per heavy atom. The number of benzene rings is 2. The molecule has 1 N–H and O–H groups in total. The van der Waals surface area contributed by atoms with Crippen LogP contribution in [-0.2, 0) is 4.79 Å². The van der Waals surface area contributed by atoms with Crippen LogP contribution in [0, 0.1) is 0 Å². The van der Waals surface area contributed by atoms with Gasteiger partial charge in [0.1, 0.15) is 0 Å². The van der Waals surface area contributed by atoms with Gasteiger partial charge in [-0.1, -0.05) is 26.0 Å². The second-order valence-corrected chi connectivity index (χ2v) is 5.79. The molecular formula is C20H19NO6. The van der Waals surface area contributed by atoms with Crippen molar-refractivity contribution in [2.24, 2.45) is 0 Å². The zero-order valence-corrected chi connectivity index (χ0v) is 15.0. The minimum atomic E-state index is -1.07. The van der Waals surface area contributed by atoms with E-state index in [1.54, 1.807) is 44.2 Å². The Morgan fingerprint density at radius 1 is 1.19 bits per heavy atom. The molecule has 2 aromatic carbocycles. The van der Waals surface area contributed by atoms with Gasteiger partial charge >= 0.3 is 11.6 Å². The van der Waals surface area contributed by atoms with Crippen LogP contribution in [0.2, 0.25) is 0 Å². The van der Waals surface area contributed by atoms with Gasteiger partial charge in [-0.15, -0.1) is 0 Å². The van der Waals surface area contributed by atoms with Crippen molar-refractivity contribution in [3.05, 3.63) is 52.9 Å². The molecule has 7 heteroatoms. The lowest BCUT2D eigenvalue weighted by Gasteiger charge is -2.15. The van der Waals surface area contributed by atoms with Crippen LogP contribution in [0.25, 0.3) is 22.4 Å². The van der Waals surface area contributed by atoms with Gasteiger partial charge in [0, 0.05) is 18.4 Å². The number of hydrogen-bond donors (Lipinski definition) is 1. The Kier molecular flexibility index (Phi) is 5.52. The summed E-state index contributed by atoms with van der Waals surface area (Å²) in [5, 5.41) is 10.2. The molecule has 0 amide bonds. The number of carbonyl (C=O) groups is 1. The highest BCUT2D eigenvalue weighted by Gasteiger charge is 2.16. The first-order valence-corrected chi connectivity index (χ1v) is 8.61. The van der Waals surface area contributed by atoms with E-state index in [1.807, 2.05) is 0 Å². The average molecular weight is 369 g/mol. The maximum Gasteiger partial charge on any atom is 0.347 e. The van der Waals surface area contributed by atoms with Gasteiger partial charge in [-0.25, -0.2) is 9.78 Å². The first-order valence-electron chi connectivity index (χ1n) is 8.61. The Hall–Kier alpha value is -3.19. The smallest absolute Gasteiger partial charge is 0.347 e. The van der Waals surface area contributed by atoms with Gasteiger partial charge in [0.2, 0.25) is 5.89 Å². The van der Waals surface area contributed by atoms with E-state index >= 15 is 0 Å². The molecule has 1 unspecified atom stereocenters. The fourth-order valence-electron chi connectivity index (χ4n) is 2.38. The number of fused-ring (bicyclic) bond motifs is 1. The lowest BCUT2D eigenvalue weighted by molar-refractivity contribution is -0.134. The molecule has 0 aliphatic heterocycles. The lowest BCUT2D eigenvalue weighted by Crippen LogP contribution is -2.15. The number of nitrogens with zero attached hydrogens (tertiary/aromatic N) is 1. The Labute approximate surface area is 155 Å². The molecule has 3 aromatic rings. The highest BCUT2D eigenvalue weighted by Crippen LogP contribution is 2.33. The molecule has 7 nitrogen and oxygen atoms in total. The van der Waals surface area contributed by atoms with Gasteiger partial charge in [0.15, 0.2) is 17.8 Å². The van der Waals surface area contributed by atoms with Crippen molar-refractivity contribution in [1.29, 1.82) is 0 Å². The van der Waals surface area contributed by atoms with E-state index in [4.69, 9.17) is 13.9 Å². The van der Waals surface area contributed by atoms with Crippen molar-refractivity contribution in [2.45, 2.75) is 33.0 Å². The average Bonchev–Trinajstić information content (AvgIpc) is 2.69. The van der Waals surface area contributed by atoms with E-state index in [1.165, 1.54) is 12.1 Å². The third kappa shape index (κ3) is 4.15. The number of aliphatic hydroxyl groups is 1. The molecule has 0 fully saturated rings.